The van der Waals surface area contributed by atoms with Gasteiger partial charge in [0.1, 0.15) is 0 Å². The number of hydrogen-bond acceptors (Lipinski definition) is 1. The second-order valence-corrected chi connectivity index (χ2v) is 5.32. The Morgan fingerprint density at radius 1 is 1.38 bits per heavy atom. The Bertz CT molecular complexity index is 238. The van der Waals surface area contributed by atoms with E-state index in [2.05, 4.69) is 13.8 Å². The summed E-state index contributed by atoms with van der Waals surface area (Å²) in [5.41, 5.74) is 0.398. The first-order valence-electron chi connectivity index (χ1n) is 5.20. The molecule has 2 aliphatic rings. The summed E-state index contributed by atoms with van der Waals surface area (Å²) in [7, 11) is 0. The van der Waals surface area contributed by atoms with Gasteiger partial charge in [0.2, 0.25) is 0 Å². The summed E-state index contributed by atoms with van der Waals surface area (Å²) in [5, 5.41) is 8.92. The minimum Gasteiger partial charge on any atom is -0.481 e. The molecule has 0 amide bonds. The minimum absolute atomic E-state index is 0.0822. The third-order valence-corrected chi connectivity index (χ3v) is 4.89. The molecule has 2 saturated carbocycles. The van der Waals surface area contributed by atoms with Crippen LogP contribution in [0.2, 0.25) is 0 Å². The van der Waals surface area contributed by atoms with Gasteiger partial charge in [0, 0.05) is 0 Å². The molecular formula is C11H18O2. The number of fused-ring (bicyclic) bond motifs is 2. The summed E-state index contributed by atoms with van der Waals surface area (Å²) in [6.07, 6.45) is 5.34. The molecule has 2 heteroatoms. The van der Waals surface area contributed by atoms with E-state index >= 15 is 0 Å². The molecule has 2 bridgehead atoms. The molecule has 0 spiro atoms. The lowest BCUT2D eigenvalue weighted by molar-refractivity contribution is -0.141. The summed E-state index contributed by atoms with van der Waals surface area (Å²) >= 11 is 0. The molecule has 0 aromatic rings. The zero-order valence-electron chi connectivity index (χ0n) is 8.47. The molecule has 0 aromatic heterocycles. The fraction of sp³-hybridized carbons (Fsp3) is 0.909. The van der Waals surface area contributed by atoms with Crippen molar-refractivity contribution in [3.8, 4) is 0 Å². The van der Waals surface area contributed by atoms with Gasteiger partial charge in [-0.1, -0.05) is 13.8 Å². The molecule has 2 aliphatic carbocycles. The highest BCUT2D eigenvalue weighted by molar-refractivity contribution is 5.68. The van der Waals surface area contributed by atoms with Crippen molar-refractivity contribution in [1.29, 1.82) is 0 Å². The molecule has 0 aliphatic heterocycles. The summed E-state index contributed by atoms with van der Waals surface area (Å²) in [5.74, 6) is 0.0520. The van der Waals surface area contributed by atoms with Crippen molar-refractivity contribution >= 4 is 5.97 Å². The van der Waals surface area contributed by atoms with Crippen molar-refractivity contribution in [3.63, 3.8) is 0 Å². The van der Waals surface area contributed by atoms with Gasteiger partial charge in [0.15, 0.2) is 0 Å². The summed E-state index contributed by atoms with van der Waals surface area (Å²) in [6, 6.07) is 0. The van der Waals surface area contributed by atoms with Gasteiger partial charge in [0.05, 0.1) is 6.42 Å². The highest BCUT2D eigenvalue weighted by Gasteiger charge is 2.59. The molecule has 1 atom stereocenters. The van der Waals surface area contributed by atoms with Crippen LogP contribution >= 0.6 is 0 Å². The van der Waals surface area contributed by atoms with Crippen molar-refractivity contribution in [2.45, 2.75) is 46.0 Å². The van der Waals surface area contributed by atoms with Crippen LogP contribution in [0.15, 0.2) is 0 Å². The Kier molecular flexibility index (Phi) is 1.73. The maximum absolute atomic E-state index is 10.8. The zero-order valence-corrected chi connectivity index (χ0v) is 8.47. The molecule has 0 saturated heterocycles. The fourth-order valence-electron chi connectivity index (χ4n) is 3.63. The summed E-state index contributed by atoms with van der Waals surface area (Å²) in [6.45, 7) is 4.47. The van der Waals surface area contributed by atoms with Crippen molar-refractivity contribution < 1.29 is 9.90 Å². The Balaban J connectivity index is 2.26. The van der Waals surface area contributed by atoms with E-state index in [9.17, 15) is 4.79 Å². The monoisotopic (exact) mass is 182 g/mol. The number of hydrogen-bond donors (Lipinski definition) is 1. The van der Waals surface area contributed by atoms with Gasteiger partial charge in [-0.2, -0.15) is 0 Å². The molecule has 2 nitrogen and oxygen atoms in total. The predicted octanol–water partition coefficient (Wildman–Crippen LogP) is 2.68. The molecule has 0 radical (unpaired) electrons. The normalized spacial score (nSPS) is 48.3. The van der Waals surface area contributed by atoms with Crippen molar-refractivity contribution in [1.82, 2.24) is 0 Å². The van der Waals surface area contributed by atoms with Crippen LogP contribution in [0.4, 0.5) is 0 Å². The topological polar surface area (TPSA) is 37.3 Å². The van der Waals surface area contributed by atoms with E-state index in [1.807, 2.05) is 0 Å². The number of aliphatic carboxylic acids is 1. The second kappa shape index (κ2) is 2.49. The molecule has 2 rings (SSSR count). The van der Waals surface area contributed by atoms with Crippen molar-refractivity contribution in [3.05, 3.63) is 0 Å². The number of carbonyl (C=O) groups is 1. The first kappa shape index (κ1) is 9.04. The zero-order chi connectivity index (χ0) is 9.69. The van der Waals surface area contributed by atoms with Gasteiger partial charge in [-0.05, 0) is 42.4 Å². The predicted molar refractivity (Wildman–Crippen MR) is 50.4 cm³/mol. The van der Waals surface area contributed by atoms with Crippen LogP contribution in [-0.2, 0) is 4.79 Å². The Morgan fingerprint density at radius 3 is 2.23 bits per heavy atom. The Morgan fingerprint density at radius 2 is 1.92 bits per heavy atom. The lowest BCUT2D eigenvalue weighted by Gasteiger charge is -2.36. The minimum atomic E-state index is -0.623. The van der Waals surface area contributed by atoms with Gasteiger partial charge in [-0.15, -0.1) is 0 Å². The Hall–Kier alpha value is -0.530. The number of carboxylic acids is 1. The summed E-state index contributed by atoms with van der Waals surface area (Å²) < 4.78 is 0. The molecule has 1 N–H and O–H groups in total. The molecule has 74 valence electrons. The second-order valence-electron chi connectivity index (χ2n) is 5.32. The van der Waals surface area contributed by atoms with E-state index in [1.165, 1.54) is 25.7 Å². The van der Waals surface area contributed by atoms with Gasteiger partial charge in [-0.25, -0.2) is 0 Å². The van der Waals surface area contributed by atoms with Gasteiger partial charge < -0.3 is 5.11 Å². The number of carboxylic acid groups (broad SMARTS) is 1. The molecule has 2 fully saturated rings. The Labute approximate surface area is 79.3 Å². The van der Waals surface area contributed by atoms with Gasteiger partial charge >= 0.3 is 5.97 Å². The average Bonchev–Trinajstić information content (AvgIpc) is 2.36. The van der Waals surface area contributed by atoms with E-state index in [0.717, 1.165) is 0 Å². The molecule has 0 aromatic carbocycles. The van der Waals surface area contributed by atoms with E-state index in [0.29, 0.717) is 17.8 Å². The van der Waals surface area contributed by atoms with Crippen molar-refractivity contribution in [2.75, 3.05) is 0 Å². The van der Waals surface area contributed by atoms with E-state index in [4.69, 9.17) is 5.11 Å². The molecule has 13 heavy (non-hydrogen) atoms. The highest BCUT2D eigenvalue weighted by atomic mass is 16.4. The maximum atomic E-state index is 10.8. The van der Waals surface area contributed by atoms with Crippen LogP contribution in [-0.4, -0.2) is 11.1 Å². The maximum Gasteiger partial charge on any atom is 0.303 e. The highest BCUT2D eigenvalue weighted by Crippen LogP contribution is 2.67. The fourth-order valence-corrected chi connectivity index (χ4v) is 3.63. The largest absolute Gasteiger partial charge is 0.481 e. The van der Waals surface area contributed by atoms with Crippen LogP contribution in [0, 0.1) is 16.7 Å². The smallest absolute Gasteiger partial charge is 0.303 e. The average molecular weight is 182 g/mol. The third-order valence-electron chi connectivity index (χ3n) is 4.89. The van der Waals surface area contributed by atoms with Crippen LogP contribution in [0.1, 0.15) is 46.0 Å². The first-order chi connectivity index (χ1) is 5.98. The SMILES string of the molecule is CC12CCC(CC1)C2(C)CC(=O)O. The molecule has 1 unspecified atom stereocenters. The molecule has 0 heterocycles. The lowest BCUT2D eigenvalue weighted by Crippen LogP contribution is -2.32. The van der Waals surface area contributed by atoms with Gasteiger partial charge in [0.25, 0.3) is 0 Å². The summed E-state index contributed by atoms with van der Waals surface area (Å²) in [4.78, 5) is 10.8. The first-order valence-corrected chi connectivity index (χ1v) is 5.20. The third kappa shape index (κ3) is 1.04. The molecular weight excluding hydrogens is 164 g/mol. The van der Waals surface area contributed by atoms with Crippen LogP contribution < -0.4 is 0 Å². The van der Waals surface area contributed by atoms with Crippen molar-refractivity contribution in [2.24, 2.45) is 16.7 Å². The lowest BCUT2D eigenvalue weighted by atomic mass is 9.67. The quantitative estimate of drug-likeness (QED) is 0.713. The van der Waals surface area contributed by atoms with Gasteiger partial charge in [-0.3, -0.25) is 4.79 Å². The standard InChI is InChI=1S/C11H18O2/c1-10-5-3-8(4-6-10)11(10,2)7-9(12)13/h8H,3-7H2,1-2H3,(H,12,13). The van der Waals surface area contributed by atoms with Crippen LogP contribution in [0.3, 0.4) is 0 Å². The van der Waals surface area contributed by atoms with E-state index in [-0.39, 0.29) is 5.41 Å². The van der Waals surface area contributed by atoms with Crippen LogP contribution in [0.25, 0.3) is 0 Å². The van der Waals surface area contributed by atoms with E-state index in [1.54, 1.807) is 0 Å². The van der Waals surface area contributed by atoms with E-state index < -0.39 is 5.97 Å². The van der Waals surface area contributed by atoms with Crippen LogP contribution in [0.5, 0.6) is 0 Å². The number of rotatable bonds is 2.